The van der Waals surface area contributed by atoms with Crippen LogP contribution in [0.25, 0.3) is 0 Å². The second-order valence-corrected chi connectivity index (χ2v) is 5.29. The maximum absolute atomic E-state index is 12.2. The summed E-state index contributed by atoms with van der Waals surface area (Å²) in [6, 6.07) is 3.06. The molecule has 2 amide bonds. The molecular weight excluding hydrogens is 300 g/mol. The van der Waals surface area contributed by atoms with Gasteiger partial charge in [0.2, 0.25) is 11.7 Å². The summed E-state index contributed by atoms with van der Waals surface area (Å²) in [6.45, 7) is 4.46. The Balaban J connectivity index is 2.78. The molecule has 0 fully saturated rings. The van der Waals surface area contributed by atoms with E-state index in [0.717, 1.165) is 0 Å². The van der Waals surface area contributed by atoms with Crippen molar-refractivity contribution in [2.75, 3.05) is 34.4 Å². The fourth-order valence-electron chi connectivity index (χ4n) is 1.86. The molecule has 0 unspecified atom stereocenters. The standard InChI is InChI=1S/C16H24N2O5/c1-10(2)8-17-14(19)9-18-16(20)11-6-12(21-3)15(23-5)13(7-11)22-4/h6-7,10H,8-9H2,1-5H3,(H,17,19)(H,18,20). The number of methoxy groups -OCH3 is 3. The first-order valence-electron chi connectivity index (χ1n) is 7.27. The van der Waals surface area contributed by atoms with Crippen molar-refractivity contribution in [1.82, 2.24) is 10.6 Å². The van der Waals surface area contributed by atoms with Crippen molar-refractivity contribution in [1.29, 1.82) is 0 Å². The average Bonchev–Trinajstić information content (AvgIpc) is 2.56. The molecule has 0 saturated carbocycles. The Bertz CT molecular complexity index is 532. The lowest BCUT2D eigenvalue weighted by molar-refractivity contribution is -0.120. The quantitative estimate of drug-likeness (QED) is 0.751. The van der Waals surface area contributed by atoms with Crippen LogP contribution in [0.15, 0.2) is 12.1 Å². The van der Waals surface area contributed by atoms with Gasteiger partial charge in [0.25, 0.3) is 5.91 Å². The molecule has 0 bridgehead atoms. The van der Waals surface area contributed by atoms with Crippen LogP contribution in [0.2, 0.25) is 0 Å². The number of hydrogen-bond acceptors (Lipinski definition) is 5. The van der Waals surface area contributed by atoms with Gasteiger partial charge >= 0.3 is 0 Å². The number of carbonyl (C=O) groups excluding carboxylic acids is 2. The van der Waals surface area contributed by atoms with E-state index in [1.165, 1.54) is 33.5 Å². The Morgan fingerprint density at radius 1 is 1.00 bits per heavy atom. The molecule has 0 spiro atoms. The van der Waals surface area contributed by atoms with E-state index in [1.807, 2.05) is 13.8 Å². The van der Waals surface area contributed by atoms with E-state index in [-0.39, 0.29) is 12.5 Å². The number of ether oxygens (including phenoxy) is 3. The summed E-state index contributed by atoms with van der Waals surface area (Å²) in [4.78, 5) is 23.8. The van der Waals surface area contributed by atoms with Crippen LogP contribution in [0, 0.1) is 5.92 Å². The number of carbonyl (C=O) groups is 2. The van der Waals surface area contributed by atoms with E-state index in [1.54, 1.807) is 0 Å². The van der Waals surface area contributed by atoms with Crippen molar-refractivity contribution in [3.63, 3.8) is 0 Å². The first kappa shape index (κ1) is 18.6. The van der Waals surface area contributed by atoms with Crippen LogP contribution in [0.1, 0.15) is 24.2 Å². The second kappa shape index (κ2) is 8.87. The molecule has 0 heterocycles. The predicted octanol–water partition coefficient (Wildman–Crippen LogP) is 1.21. The molecule has 2 N–H and O–H groups in total. The molecule has 7 nitrogen and oxygen atoms in total. The van der Waals surface area contributed by atoms with Crippen molar-refractivity contribution in [3.8, 4) is 17.2 Å². The average molecular weight is 324 g/mol. The third kappa shape index (κ3) is 5.36. The minimum atomic E-state index is -0.399. The highest BCUT2D eigenvalue weighted by Crippen LogP contribution is 2.38. The lowest BCUT2D eigenvalue weighted by atomic mass is 10.1. The fourth-order valence-corrected chi connectivity index (χ4v) is 1.86. The lowest BCUT2D eigenvalue weighted by Gasteiger charge is -2.14. The Morgan fingerprint density at radius 2 is 1.57 bits per heavy atom. The van der Waals surface area contributed by atoms with Crippen molar-refractivity contribution in [2.45, 2.75) is 13.8 Å². The normalized spacial score (nSPS) is 10.2. The maximum atomic E-state index is 12.2. The number of nitrogens with one attached hydrogen (secondary N) is 2. The molecule has 1 aromatic carbocycles. The zero-order valence-corrected chi connectivity index (χ0v) is 14.2. The summed E-state index contributed by atoms with van der Waals surface area (Å²) >= 11 is 0. The predicted molar refractivity (Wildman–Crippen MR) is 86.3 cm³/mol. The molecule has 7 heteroatoms. The van der Waals surface area contributed by atoms with E-state index in [4.69, 9.17) is 14.2 Å². The number of amides is 2. The summed E-state index contributed by atoms with van der Waals surface area (Å²) in [5, 5.41) is 5.29. The fraction of sp³-hybridized carbons (Fsp3) is 0.500. The molecule has 0 aliphatic heterocycles. The highest BCUT2D eigenvalue weighted by Gasteiger charge is 2.17. The molecule has 0 atom stereocenters. The number of hydrogen-bond donors (Lipinski definition) is 2. The number of benzene rings is 1. The van der Waals surface area contributed by atoms with E-state index < -0.39 is 5.91 Å². The van der Waals surface area contributed by atoms with Crippen LogP contribution in [-0.4, -0.2) is 46.2 Å². The molecule has 1 aromatic rings. The highest BCUT2D eigenvalue weighted by molar-refractivity contribution is 5.97. The molecule has 128 valence electrons. The molecule has 23 heavy (non-hydrogen) atoms. The van der Waals surface area contributed by atoms with Crippen LogP contribution in [0.3, 0.4) is 0 Å². The topological polar surface area (TPSA) is 85.9 Å². The van der Waals surface area contributed by atoms with Gasteiger partial charge in [-0.05, 0) is 18.1 Å². The van der Waals surface area contributed by atoms with Crippen molar-refractivity contribution < 1.29 is 23.8 Å². The maximum Gasteiger partial charge on any atom is 0.251 e. The Labute approximate surface area is 136 Å². The largest absolute Gasteiger partial charge is 0.493 e. The van der Waals surface area contributed by atoms with Gasteiger partial charge in [-0.1, -0.05) is 13.8 Å². The van der Waals surface area contributed by atoms with Crippen LogP contribution >= 0.6 is 0 Å². The van der Waals surface area contributed by atoms with Gasteiger partial charge in [-0.3, -0.25) is 9.59 Å². The van der Waals surface area contributed by atoms with Gasteiger partial charge in [0.05, 0.1) is 27.9 Å². The van der Waals surface area contributed by atoms with Crippen molar-refractivity contribution in [2.24, 2.45) is 5.92 Å². The first-order chi connectivity index (χ1) is 10.9. The molecule has 0 radical (unpaired) electrons. The van der Waals surface area contributed by atoms with Gasteiger partial charge in [-0.15, -0.1) is 0 Å². The van der Waals surface area contributed by atoms with Gasteiger partial charge in [0, 0.05) is 12.1 Å². The Morgan fingerprint density at radius 3 is 2.00 bits per heavy atom. The minimum absolute atomic E-state index is 0.0950. The van der Waals surface area contributed by atoms with Crippen molar-refractivity contribution in [3.05, 3.63) is 17.7 Å². The lowest BCUT2D eigenvalue weighted by Crippen LogP contribution is -2.38. The van der Waals surface area contributed by atoms with Crippen molar-refractivity contribution >= 4 is 11.8 Å². The summed E-state index contributed by atoms with van der Waals surface area (Å²) in [6.07, 6.45) is 0. The van der Waals surface area contributed by atoms with Gasteiger partial charge in [-0.2, -0.15) is 0 Å². The summed E-state index contributed by atoms with van der Waals surface area (Å²) in [7, 11) is 4.43. The van der Waals surface area contributed by atoms with Crippen LogP contribution in [0.5, 0.6) is 17.2 Å². The smallest absolute Gasteiger partial charge is 0.251 e. The van der Waals surface area contributed by atoms with Crippen LogP contribution < -0.4 is 24.8 Å². The Kier molecular flexibility index (Phi) is 7.18. The van der Waals surface area contributed by atoms with E-state index in [2.05, 4.69) is 10.6 Å². The third-order valence-corrected chi connectivity index (χ3v) is 3.04. The minimum Gasteiger partial charge on any atom is -0.493 e. The monoisotopic (exact) mass is 324 g/mol. The van der Waals surface area contributed by atoms with Gasteiger partial charge in [0.1, 0.15) is 0 Å². The van der Waals surface area contributed by atoms with Gasteiger partial charge in [0.15, 0.2) is 11.5 Å². The highest BCUT2D eigenvalue weighted by atomic mass is 16.5. The van der Waals surface area contributed by atoms with Crippen LogP contribution in [0.4, 0.5) is 0 Å². The molecular formula is C16H24N2O5. The van der Waals surface area contributed by atoms with Gasteiger partial charge < -0.3 is 24.8 Å². The Hall–Kier alpha value is -2.44. The molecule has 0 aliphatic carbocycles. The molecule has 0 aliphatic rings. The molecule has 1 rings (SSSR count). The molecule has 0 aromatic heterocycles. The van der Waals surface area contributed by atoms with E-state index >= 15 is 0 Å². The van der Waals surface area contributed by atoms with Crippen LogP contribution in [-0.2, 0) is 4.79 Å². The van der Waals surface area contributed by atoms with E-state index in [9.17, 15) is 9.59 Å². The molecule has 0 saturated heterocycles. The van der Waals surface area contributed by atoms with Gasteiger partial charge in [-0.25, -0.2) is 0 Å². The first-order valence-corrected chi connectivity index (χ1v) is 7.27. The summed E-state index contributed by atoms with van der Waals surface area (Å²) in [5.74, 6) is 0.872. The van der Waals surface area contributed by atoms with E-state index in [0.29, 0.717) is 35.3 Å². The third-order valence-electron chi connectivity index (χ3n) is 3.04. The number of rotatable bonds is 8. The summed E-state index contributed by atoms with van der Waals surface area (Å²) in [5.41, 5.74) is 0.316. The summed E-state index contributed by atoms with van der Waals surface area (Å²) < 4.78 is 15.6. The zero-order chi connectivity index (χ0) is 17.4. The SMILES string of the molecule is COc1cc(C(=O)NCC(=O)NCC(C)C)cc(OC)c1OC. The zero-order valence-electron chi connectivity index (χ0n) is 14.2. The second-order valence-electron chi connectivity index (χ2n) is 5.29.